The Morgan fingerprint density at radius 3 is 2.73 bits per heavy atom. The topological polar surface area (TPSA) is 58.8 Å². The average molecular weight is 467 g/mol. The second-order valence-electron chi connectivity index (χ2n) is 6.94. The molecule has 2 heterocycles. The van der Waals surface area contributed by atoms with Crippen molar-refractivity contribution in [1.82, 2.24) is 10.6 Å². The van der Waals surface area contributed by atoms with Crippen molar-refractivity contribution in [1.29, 1.82) is 0 Å². The van der Waals surface area contributed by atoms with Crippen molar-refractivity contribution in [2.45, 2.75) is 50.3 Å². The Morgan fingerprint density at radius 2 is 2.00 bits per heavy atom. The van der Waals surface area contributed by atoms with Crippen LogP contribution in [0, 0.1) is 0 Å². The summed E-state index contributed by atoms with van der Waals surface area (Å²) in [7, 11) is 1.80. The third-order valence-electron chi connectivity index (χ3n) is 5.26. The first kappa shape index (κ1) is 19.1. The number of hydrogen-bond acceptors (Lipinski definition) is 3. The number of fused-ring (bicyclic) bond motifs is 1. The largest absolute Gasteiger partial charge is 0.487 e. The molecule has 4 rings (SSSR count). The lowest BCUT2D eigenvalue weighted by Crippen LogP contribution is -2.46. The molecule has 0 radical (unpaired) electrons. The minimum absolute atomic E-state index is 0. The van der Waals surface area contributed by atoms with E-state index >= 15 is 0 Å². The van der Waals surface area contributed by atoms with E-state index < -0.39 is 0 Å². The van der Waals surface area contributed by atoms with E-state index in [-0.39, 0.29) is 35.6 Å². The third kappa shape index (κ3) is 4.00. The zero-order valence-corrected chi connectivity index (χ0v) is 17.4. The van der Waals surface area contributed by atoms with Gasteiger partial charge in [0.05, 0.1) is 18.8 Å². The summed E-state index contributed by atoms with van der Waals surface area (Å²) in [5.41, 5.74) is 1.19. The molecule has 1 aromatic carbocycles. The van der Waals surface area contributed by atoms with Crippen molar-refractivity contribution >= 4 is 29.9 Å². The van der Waals surface area contributed by atoms with E-state index in [4.69, 9.17) is 9.15 Å². The number of ether oxygens (including phenoxy) is 1. The van der Waals surface area contributed by atoms with Crippen molar-refractivity contribution < 1.29 is 9.15 Å². The van der Waals surface area contributed by atoms with Crippen molar-refractivity contribution in [2.24, 2.45) is 4.99 Å². The van der Waals surface area contributed by atoms with Gasteiger partial charge < -0.3 is 19.8 Å². The molecule has 1 aromatic heterocycles. The normalized spacial score (nSPS) is 20.8. The smallest absolute Gasteiger partial charge is 0.191 e. The van der Waals surface area contributed by atoms with Gasteiger partial charge in [0.1, 0.15) is 17.1 Å². The minimum Gasteiger partial charge on any atom is -0.487 e. The highest BCUT2D eigenvalue weighted by molar-refractivity contribution is 14.0. The summed E-state index contributed by atoms with van der Waals surface area (Å²) in [6, 6.07) is 12.4. The molecule has 140 valence electrons. The molecule has 26 heavy (non-hydrogen) atoms. The van der Waals surface area contributed by atoms with Gasteiger partial charge in [-0.1, -0.05) is 18.2 Å². The van der Waals surface area contributed by atoms with Gasteiger partial charge in [0.25, 0.3) is 0 Å². The van der Waals surface area contributed by atoms with Crippen LogP contribution in [0.15, 0.2) is 52.1 Å². The fourth-order valence-corrected chi connectivity index (χ4v) is 4.02. The molecule has 2 N–H and O–H groups in total. The lowest BCUT2D eigenvalue weighted by atomic mass is 9.86. The first-order valence-electron chi connectivity index (χ1n) is 9.05. The maximum absolute atomic E-state index is 6.43. The number of nitrogens with zero attached hydrogens (tertiary/aromatic N) is 1. The monoisotopic (exact) mass is 467 g/mol. The standard InChI is InChI=1S/C20H25N3O2.HI/c1-21-19(22-14-15-7-6-12-24-15)23-17-13-20(10-4-5-11-20)25-18-9-3-2-8-16(17)18;/h2-3,6-9,12,17H,4-5,10-11,13-14H2,1H3,(H2,21,22,23);1H. The molecule has 1 fully saturated rings. The summed E-state index contributed by atoms with van der Waals surface area (Å²) in [5, 5.41) is 6.93. The Morgan fingerprint density at radius 1 is 1.19 bits per heavy atom. The molecule has 0 saturated heterocycles. The summed E-state index contributed by atoms with van der Waals surface area (Å²) in [5.74, 6) is 2.68. The molecule has 0 amide bonds. The van der Waals surface area contributed by atoms with Crippen LogP contribution in [0.4, 0.5) is 0 Å². The Bertz CT molecular complexity index is 739. The Hall–Kier alpha value is -1.70. The Labute approximate surface area is 171 Å². The summed E-state index contributed by atoms with van der Waals surface area (Å²) in [6.07, 6.45) is 7.44. The molecule has 1 unspecified atom stereocenters. The number of para-hydroxylation sites is 1. The van der Waals surface area contributed by atoms with Gasteiger partial charge in [0.15, 0.2) is 5.96 Å². The second kappa shape index (κ2) is 8.33. The molecular weight excluding hydrogens is 441 g/mol. The molecular formula is C20H26IN3O2. The van der Waals surface area contributed by atoms with E-state index in [1.807, 2.05) is 18.2 Å². The van der Waals surface area contributed by atoms with Gasteiger partial charge in [0.2, 0.25) is 0 Å². The van der Waals surface area contributed by atoms with Gasteiger partial charge in [-0.2, -0.15) is 0 Å². The van der Waals surface area contributed by atoms with Crippen LogP contribution in [0.1, 0.15) is 49.5 Å². The van der Waals surface area contributed by atoms with Crippen LogP contribution in [0.25, 0.3) is 0 Å². The van der Waals surface area contributed by atoms with Gasteiger partial charge in [-0.25, -0.2) is 0 Å². The minimum atomic E-state index is -0.0219. The zero-order valence-electron chi connectivity index (χ0n) is 15.0. The molecule has 5 nitrogen and oxygen atoms in total. The summed E-state index contributed by atoms with van der Waals surface area (Å²) in [6.45, 7) is 0.614. The SMILES string of the molecule is CN=C(NCc1ccco1)NC1CC2(CCCC2)Oc2ccccc21.I. The molecule has 1 spiro atoms. The maximum atomic E-state index is 6.43. The maximum Gasteiger partial charge on any atom is 0.191 e. The van der Waals surface area contributed by atoms with Crippen molar-refractivity contribution in [3.05, 3.63) is 54.0 Å². The van der Waals surface area contributed by atoms with Crippen LogP contribution in [0.5, 0.6) is 5.75 Å². The average Bonchev–Trinajstić information content (AvgIpc) is 3.31. The summed E-state index contributed by atoms with van der Waals surface area (Å²) in [4.78, 5) is 4.38. The Balaban J connectivity index is 0.00000196. The zero-order chi connectivity index (χ0) is 17.1. The number of furan rings is 1. The molecule has 0 bridgehead atoms. The van der Waals surface area contributed by atoms with Crippen LogP contribution >= 0.6 is 24.0 Å². The predicted molar refractivity (Wildman–Crippen MR) is 113 cm³/mol. The van der Waals surface area contributed by atoms with Crippen LogP contribution in [0.3, 0.4) is 0 Å². The van der Waals surface area contributed by atoms with E-state index in [2.05, 4.69) is 33.8 Å². The highest BCUT2D eigenvalue weighted by atomic mass is 127. The number of guanidine groups is 1. The van der Waals surface area contributed by atoms with Gasteiger partial charge in [-0.3, -0.25) is 4.99 Å². The van der Waals surface area contributed by atoms with Crippen molar-refractivity contribution in [2.75, 3.05) is 7.05 Å². The fraction of sp³-hybridized carbons (Fsp3) is 0.450. The van der Waals surface area contributed by atoms with E-state index in [0.717, 1.165) is 36.7 Å². The number of nitrogens with one attached hydrogen (secondary N) is 2. The third-order valence-corrected chi connectivity index (χ3v) is 5.26. The molecule has 1 atom stereocenters. The molecule has 2 aliphatic rings. The molecule has 6 heteroatoms. The van der Waals surface area contributed by atoms with Crippen LogP contribution < -0.4 is 15.4 Å². The molecule has 2 aromatic rings. The van der Waals surface area contributed by atoms with Gasteiger partial charge in [-0.05, 0) is 43.9 Å². The van der Waals surface area contributed by atoms with Gasteiger partial charge in [0, 0.05) is 19.0 Å². The quantitative estimate of drug-likeness (QED) is 0.399. The van der Waals surface area contributed by atoms with Crippen molar-refractivity contribution in [3.8, 4) is 5.75 Å². The molecule has 1 saturated carbocycles. The van der Waals surface area contributed by atoms with Crippen molar-refractivity contribution in [3.63, 3.8) is 0 Å². The van der Waals surface area contributed by atoms with E-state index in [9.17, 15) is 0 Å². The molecule has 1 aliphatic heterocycles. The predicted octanol–water partition coefficient (Wildman–Crippen LogP) is 4.40. The van der Waals surface area contributed by atoms with Crippen LogP contribution in [-0.4, -0.2) is 18.6 Å². The van der Waals surface area contributed by atoms with Gasteiger partial charge in [-0.15, -0.1) is 24.0 Å². The first-order valence-corrected chi connectivity index (χ1v) is 9.05. The first-order chi connectivity index (χ1) is 12.3. The number of benzene rings is 1. The lowest BCUT2D eigenvalue weighted by molar-refractivity contribution is 0.0396. The number of rotatable bonds is 3. The highest BCUT2D eigenvalue weighted by Crippen LogP contribution is 2.46. The van der Waals surface area contributed by atoms with Crippen LogP contribution in [0.2, 0.25) is 0 Å². The van der Waals surface area contributed by atoms with E-state index in [1.165, 1.54) is 18.4 Å². The fourth-order valence-electron chi connectivity index (χ4n) is 4.02. The lowest BCUT2D eigenvalue weighted by Gasteiger charge is -2.40. The number of halogens is 1. The highest BCUT2D eigenvalue weighted by Gasteiger charge is 2.43. The van der Waals surface area contributed by atoms with E-state index in [0.29, 0.717) is 6.54 Å². The molecule has 1 aliphatic carbocycles. The number of aliphatic imine (C=N–C) groups is 1. The Kier molecular flexibility index (Phi) is 6.11. The summed E-state index contributed by atoms with van der Waals surface area (Å²) >= 11 is 0. The second-order valence-corrected chi connectivity index (χ2v) is 6.94. The number of hydrogen-bond donors (Lipinski definition) is 2. The summed E-state index contributed by atoms with van der Waals surface area (Å²) < 4.78 is 11.8. The van der Waals surface area contributed by atoms with Crippen LogP contribution in [-0.2, 0) is 6.54 Å². The van der Waals surface area contributed by atoms with E-state index in [1.54, 1.807) is 13.3 Å². The van der Waals surface area contributed by atoms with Gasteiger partial charge >= 0.3 is 0 Å².